The Kier molecular flexibility index (Phi) is 2.56. The van der Waals surface area contributed by atoms with Crippen molar-refractivity contribution < 1.29 is 4.79 Å². The Morgan fingerprint density at radius 2 is 2.11 bits per heavy atom. The van der Waals surface area contributed by atoms with Crippen molar-refractivity contribution in [1.29, 1.82) is 0 Å². The lowest BCUT2D eigenvalue weighted by Gasteiger charge is -1.98. The third kappa shape index (κ3) is 1.97. The van der Waals surface area contributed by atoms with Gasteiger partial charge >= 0.3 is 0 Å². The number of hydrogen-bond donors (Lipinski definition) is 1. The zero-order valence-electron chi connectivity index (χ0n) is 10.5. The lowest BCUT2D eigenvalue weighted by Crippen LogP contribution is -2.10. The van der Waals surface area contributed by atoms with Crippen LogP contribution in [0.1, 0.15) is 15.9 Å². The second kappa shape index (κ2) is 4.24. The Hall–Kier alpha value is -2.62. The average Bonchev–Trinajstić information content (AvgIpc) is 2.84. The molecule has 0 atom stereocenters. The van der Waals surface area contributed by atoms with Crippen LogP contribution in [0.15, 0.2) is 48.8 Å². The third-order valence-electron chi connectivity index (χ3n) is 3.12. The van der Waals surface area contributed by atoms with E-state index in [4.69, 9.17) is 5.73 Å². The first-order valence-electron chi connectivity index (χ1n) is 6.00. The summed E-state index contributed by atoms with van der Waals surface area (Å²) in [6.07, 6.45) is 3.90. The zero-order valence-corrected chi connectivity index (χ0v) is 10.5. The van der Waals surface area contributed by atoms with Crippen LogP contribution in [0.3, 0.4) is 0 Å². The second-order valence-corrected chi connectivity index (χ2v) is 4.49. The molecule has 2 N–H and O–H groups in total. The van der Waals surface area contributed by atoms with E-state index in [-0.39, 0.29) is 0 Å². The van der Waals surface area contributed by atoms with E-state index in [1.165, 1.54) is 0 Å². The fraction of sp³-hybridized carbons (Fsp3) is 0.0667. The number of carbonyl (C=O) groups is 1. The van der Waals surface area contributed by atoms with Crippen LogP contribution in [0, 0.1) is 6.92 Å². The molecule has 0 unspecified atom stereocenters. The Bertz CT molecular complexity index is 774. The summed E-state index contributed by atoms with van der Waals surface area (Å²) in [6, 6.07) is 11.2. The van der Waals surface area contributed by atoms with Crippen molar-refractivity contribution in [1.82, 2.24) is 9.38 Å². The summed E-state index contributed by atoms with van der Waals surface area (Å²) in [5, 5.41) is 0. The van der Waals surface area contributed by atoms with Gasteiger partial charge < -0.3 is 10.1 Å². The van der Waals surface area contributed by atoms with Crippen molar-refractivity contribution in [2.75, 3.05) is 0 Å². The number of nitrogens with zero attached hydrogens (tertiary/aromatic N) is 2. The number of benzene rings is 1. The van der Waals surface area contributed by atoms with Gasteiger partial charge in [0, 0.05) is 23.5 Å². The van der Waals surface area contributed by atoms with Crippen molar-refractivity contribution in [2.45, 2.75) is 6.92 Å². The number of pyridine rings is 1. The van der Waals surface area contributed by atoms with E-state index < -0.39 is 5.91 Å². The molecule has 0 aliphatic carbocycles. The smallest absolute Gasteiger partial charge is 0.248 e. The number of fused-ring (bicyclic) bond motifs is 1. The SMILES string of the molecule is Cc1cccn2cc(-c3cccc(C(N)=O)c3)nc12. The predicted molar refractivity (Wildman–Crippen MR) is 73.9 cm³/mol. The van der Waals surface area contributed by atoms with Crippen LogP contribution in [0.4, 0.5) is 0 Å². The molecule has 1 amide bonds. The summed E-state index contributed by atoms with van der Waals surface area (Å²) < 4.78 is 1.97. The summed E-state index contributed by atoms with van der Waals surface area (Å²) >= 11 is 0. The van der Waals surface area contributed by atoms with Gasteiger partial charge in [-0.25, -0.2) is 4.98 Å². The predicted octanol–water partition coefficient (Wildman–Crippen LogP) is 2.41. The highest BCUT2D eigenvalue weighted by Gasteiger charge is 2.08. The summed E-state index contributed by atoms with van der Waals surface area (Å²) in [5.41, 5.74) is 9.54. The molecule has 3 rings (SSSR count). The van der Waals surface area contributed by atoms with Crippen LogP contribution < -0.4 is 5.73 Å². The summed E-state index contributed by atoms with van der Waals surface area (Å²) in [4.78, 5) is 15.8. The molecule has 1 aromatic carbocycles. The van der Waals surface area contributed by atoms with Crippen molar-refractivity contribution >= 4 is 11.6 Å². The van der Waals surface area contributed by atoms with Gasteiger partial charge in [0.15, 0.2) is 0 Å². The minimum Gasteiger partial charge on any atom is -0.366 e. The first-order chi connectivity index (χ1) is 9.15. The van der Waals surface area contributed by atoms with Crippen molar-refractivity contribution in [3.8, 4) is 11.3 Å². The van der Waals surface area contributed by atoms with Gasteiger partial charge in [0.25, 0.3) is 0 Å². The standard InChI is InChI=1S/C15H13N3O/c1-10-4-3-7-18-9-13(17-15(10)18)11-5-2-6-12(8-11)14(16)19/h2-9H,1H3,(H2,16,19). The van der Waals surface area contributed by atoms with Gasteiger partial charge in [-0.3, -0.25) is 4.79 Å². The highest BCUT2D eigenvalue weighted by Crippen LogP contribution is 2.21. The number of nitrogens with two attached hydrogens (primary N) is 1. The van der Waals surface area contributed by atoms with Crippen LogP contribution in [-0.4, -0.2) is 15.3 Å². The topological polar surface area (TPSA) is 60.4 Å². The van der Waals surface area contributed by atoms with E-state index in [1.807, 2.05) is 48.0 Å². The molecule has 0 spiro atoms. The molecule has 0 radical (unpaired) electrons. The zero-order chi connectivity index (χ0) is 13.4. The maximum atomic E-state index is 11.2. The number of carbonyl (C=O) groups excluding carboxylic acids is 1. The molecule has 4 heteroatoms. The molecule has 0 aliphatic heterocycles. The summed E-state index contributed by atoms with van der Waals surface area (Å²) in [7, 11) is 0. The van der Waals surface area contributed by atoms with E-state index in [0.29, 0.717) is 5.56 Å². The maximum Gasteiger partial charge on any atom is 0.248 e. The van der Waals surface area contributed by atoms with E-state index in [1.54, 1.807) is 12.1 Å². The van der Waals surface area contributed by atoms with Crippen LogP contribution in [0.2, 0.25) is 0 Å². The van der Waals surface area contributed by atoms with Gasteiger partial charge in [0.1, 0.15) is 5.65 Å². The Morgan fingerprint density at radius 1 is 1.26 bits per heavy atom. The summed E-state index contributed by atoms with van der Waals surface area (Å²) in [6.45, 7) is 2.02. The maximum absolute atomic E-state index is 11.2. The van der Waals surface area contributed by atoms with E-state index >= 15 is 0 Å². The molecule has 3 aromatic rings. The normalized spacial score (nSPS) is 10.8. The van der Waals surface area contributed by atoms with Gasteiger partial charge in [-0.2, -0.15) is 0 Å². The number of imidazole rings is 1. The number of amides is 1. The molecule has 2 aromatic heterocycles. The van der Waals surface area contributed by atoms with Gasteiger partial charge in [-0.05, 0) is 30.7 Å². The molecular formula is C15H13N3O. The van der Waals surface area contributed by atoms with E-state index in [9.17, 15) is 4.79 Å². The molecule has 0 saturated carbocycles. The number of rotatable bonds is 2. The lowest BCUT2D eigenvalue weighted by atomic mass is 10.1. The molecule has 94 valence electrons. The van der Waals surface area contributed by atoms with Crippen LogP contribution in [0.5, 0.6) is 0 Å². The first kappa shape index (κ1) is 11.5. The second-order valence-electron chi connectivity index (χ2n) is 4.49. The monoisotopic (exact) mass is 251 g/mol. The quantitative estimate of drug-likeness (QED) is 0.760. The lowest BCUT2D eigenvalue weighted by molar-refractivity contribution is 0.100. The number of primary amides is 1. The van der Waals surface area contributed by atoms with Gasteiger partial charge in [0.2, 0.25) is 5.91 Å². The number of aromatic nitrogens is 2. The fourth-order valence-corrected chi connectivity index (χ4v) is 2.12. The van der Waals surface area contributed by atoms with Crippen LogP contribution in [-0.2, 0) is 0 Å². The Balaban J connectivity index is 2.16. The average molecular weight is 251 g/mol. The molecule has 0 bridgehead atoms. The molecule has 19 heavy (non-hydrogen) atoms. The molecule has 2 heterocycles. The minimum absolute atomic E-state index is 0.429. The number of aryl methyl sites for hydroxylation is 1. The summed E-state index contributed by atoms with van der Waals surface area (Å²) in [5.74, 6) is -0.429. The highest BCUT2D eigenvalue weighted by molar-refractivity contribution is 5.94. The van der Waals surface area contributed by atoms with Crippen molar-refractivity contribution in [3.63, 3.8) is 0 Å². The van der Waals surface area contributed by atoms with E-state index in [0.717, 1.165) is 22.5 Å². The Labute approximate surface area is 110 Å². The molecule has 4 nitrogen and oxygen atoms in total. The molecular weight excluding hydrogens is 238 g/mol. The highest BCUT2D eigenvalue weighted by atomic mass is 16.1. The van der Waals surface area contributed by atoms with Crippen molar-refractivity contribution in [3.05, 3.63) is 59.9 Å². The fourth-order valence-electron chi connectivity index (χ4n) is 2.12. The van der Waals surface area contributed by atoms with Crippen LogP contribution in [0.25, 0.3) is 16.9 Å². The van der Waals surface area contributed by atoms with Crippen molar-refractivity contribution in [2.24, 2.45) is 5.73 Å². The molecule has 0 aliphatic rings. The first-order valence-corrected chi connectivity index (χ1v) is 6.00. The molecule has 0 saturated heterocycles. The Morgan fingerprint density at radius 3 is 2.84 bits per heavy atom. The van der Waals surface area contributed by atoms with Gasteiger partial charge in [-0.15, -0.1) is 0 Å². The van der Waals surface area contributed by atoms with E-state index in [2.05, 4.69) is 4.98 Å². The molecule has 0 fully saturated rings. The largest absolute Gasteiger partial charge is 0.366 e. The minimum atomic E-state index is -0.429. The van der Waals surface area contributed by atoms with Crippen LogP contribution >= 0.6 is 0 Å². The third-order valence-corrected chi connectivity index (χ3v) is 3.12. The van der Waals surface area contributed by atoms with Gasteiger partial charge in [0.05, 0.1) is 5.69 Å². The number of hydrogen-bond acceptors (Lipinski definition) is 2. The van der Waals surface area contributed by atoms with Gasteiger partial charge in [-0.1, -0.05) is 18.2 Å².